The van der Waals surface area contributed by atoms with Crippen LogP contribution >= 0.6 is 15.6 Å². The predicted molar refractivity (Wildman–Crippen MR) is 409 cm³/mol. The van der Waals surface area contributed by atoms with Crippen molar-refractivity contribution in [2.75, 3.05) is 39.6 Å². The number of aliphatic hydroxyl groups excluding tert-OH is 1. The van der Waals surface area contributed by atoms with Crippen molar-refractivity contribution in [1.82, 2.24) is 0 Å². The maximum atomic E-state index is 13.1. The number of carbonyl (C=O) groups is 4. The van der Waals surface area contributed by atoms with Crippen LogP contribution in [0.15, 0.2) is 97.2 Å². The molecule has 0 aliphatic rings. The van der Waals surface area contributed by atoms with E-state index in [1.54, 1.807) is 0 Å². The van der Waals surface area contributed by atoms with Crippen LogP contribution in [0.1, 0.15) is 336 Å². The molecule has 0 aromatic rings. The third kappa shape index (κ3) is 72.3. The van der Waals surface area contributed by atoms with Crippen molar-refractivity contribution in [2.45, 2.75) is 354 Å². The summed E-state index contributed by atoms with van der Waals surface area (Å²) in [7, 11) is -9.97. The molecule has 0 saturated carbocycles. The van der Waals surface area contributed by atoms with Gasteiger partial charge in [0.25, 0.3) is 0 Å². The number of esters is 4. The third-order valence-electron chi connectivity index (χ3n) is 16.5. The van der Waals surface area contributed by atoms with Crippen LogP contribution in [0.25, 0.3) is 0 Å². The Hall–Kier alpha value is -4.02. The Labute approximate surface area is 607 Å². The van der Waals surface area contributed by atoms with E-state index in [4.69, 9.17) is 37.0 Å². The van der Waals surface area contributed by atoms with Crippen molar-refractivity contribution in [3.8, 4) is 0 Å². The molecule has 0 heterocycles. The van der Waals surface area contributed by atoms with Crippen LogP contribution in [0.5, 0.6) is 0 Å². The number of aliphatic hydroxyl groups is 1. The monoisotopic (exact) mass is 1450 g/mol. The van der Waals surface area contributed by atoms with Gasteiger partial charge in [-0.1, -0.05) is 260 Å². The second kappa shape index (κ2) is 73.3. The van der Waals surface area contributed by atoms with Gasteiger partial charge in [0, 0.05) is 25.7 Å². The number of hydrogen-bond donors (Lipinski definition) is 3. The van der Waals surface area contributed by atoms with E-state index in [1.807, 2.05) is 12.2 Å². The number of hydrogen-bond acceptors (Lipinski definition) is 15. The summed E-state index contributed by atoms with van der Waals surface area (Å²) in [6.45, 7) is 4.73. The number of allylic oxidation sites excluding steroid dienone is 16. The zero-order chi connectivity index (χ0) is 73.2. The number of unbranched alkanes of at least 4 members (excludes halogenated alkanes) is 32. The van der Waals surface area contributed by atoms with E-state index in [0.717, 1.165) is 148 Å². The fourth-order valence-corrected chi connectivity index (χ4v) is 12.0. The molecule has 5 atom stereocenters. The van der Waals surface area contributed by atoms with Gasteiger partial charge < -0.3 is 33.8 Å². The van der Waals surface area contributed by atoms with E-state index in [2.05, 4.69) is 113 Å². The number of ether oxygens (including phenoxy) is 4. The first kappa shape index (κ1) is 96.0. The van der Waals surface area contributed by atoms with E-state index in [9.17, 15) is 43.2 Å². The topological polar surface area (TPSA) is 237 Å². The average Bonchev–Trinajstić information content (AvgIpc) is 0.945. The molecule has 0 fully saturated rings. The molecule has 17 nitrogen and oxygen atoms in total. The summed E-state index contributed by atoms with van der Waals surface area (Å²) in [4.78, 5) is 72.9. The summed E-state index contributed by atoms with van der Waals surface area (Å²) < 4.78 is 68.5. The fourth-order valence-electron chi connectivity index (χ4n) is 10.4. The highest BCUT2D eigenvalue weighted by atomic mass is 31.2. The number of rotatable bonds is 74. The van der Waals surface area contributed by atoms with Crippen LogP contribution in [0.3, 0.4) is 0 Å². The summed E-state index contributed by atoms with van der Waals surface area (Å²) in [6.07, 6.45) is 76.8. The smallest absolute Gasteiger partial charge is 0.462 e. The lowest BCUT2D eigenvalue weighted by Crippen LogP contribution is -2.30. The van der Waals surface area contributed by atoms with E-state index in [-0.39, 0.29) is 25.7 Å². The van der Waals surface area contributed by atoms with Gasteiger partial charge in [-0.3, -0.25) is 37.3 Å². The molecule has 0 saturated heterocycles. The molecule has 0 spiro atoms. The number of phosphoric ester groups is 2. The maximum absolute atomic E-state index is 13.1. The zero-order valence-corrected chi connectivity index (χ0v) is 64.9. The predicted octanol–water partition coefficient (Wildman–Crippen LogP) is 22.8. The van der Waals surface area contributed by atoms with Gasteiger partial charge in [0.2, 0.25) is 0 Å². The molecule has 19 heteroatoms. The Balaban J connectivity index is 5.41. The van der Waals surface area contributed by atoms with Crippen molar-refractivity contribution >= 4 is 39.5 Å². The molecule has 0 aliphatic heterocycles. The standard InChI is InChI=1S/C81H142O17P2/c1-5-9-13-17-21-25-29-33-36-37-40-42-46-50-54-58-62-66-79(84)92-72-77(98-81(86)68-64-60-56-52-48-44-39-35-31-27-23-19-15-11-7-3)74-96-100(89,90)94-70-75(82)69-93-99(87,88)95-73-76(71-91-78(83)65-61-57-53-49-45-41-32-28-24-20-16-12-8-4)97-80(85)67-63-59-55-51-47-43-38-34-30-26-22-18-14-10-6-2/h21,23,25,27-28,32-36,38-40,42,50,54,75-77,82H,5-20,22,24,26,29-31,37,41,43-49,51-53,55-74H2,1-4H3,(H,87,88)(H,89,90)/b25-21-,27-23-,32-28-,36-33-,38-34-,39-35-,42-40-,54-50-/t75-,76+,77+/m0/s1. The SMILES string of the molecule is CCCCC/C=C\C/C=C\C/C=C\C/C=C\CCCC(=O)OC[C@H](COP(=O)(O)OC[C@@H](O)COP(=O)(O)OC[C@@H](COC(=O)CCCCCCC/C=C\CCCCCC)OC(=O)CCCCCCC/C=C\CCCCCCCC)OC(=O)CCCCCCC/C=C\C/C=C\CCCCC. The van der Waals surface area contributed by atoms with Gasteiger partial charge >= 0.3 is 39.5 Å². The van der Waals surface area contributed by atoms with Gasteiger partial charge in [-0.25, -0.2) is 9.13 Å². The molecule has 578 valence electrons. The first-order valence-electron chi connectivity index (χ1n) is 39.5. The van der Waals surface area contributed by atoms with Crippen LogP contribution < -0.4 is 0 Å². The highest BCUT2D eigenvalue weighted by molar-refractivity contribution is 7.47. The van der Waals surface area contributed by atoms with Gasteiger partial charge in [-0.15, -0.1) is 0 Å². The van der Waals surface area contributed by atoms with Crippen molar-refractivity contribution in [2.24, 2.45) is 0 Å². The maximum Gasteiger partial charge on any atom is 0.472 e. The fraction of sp³-hybridized carbons (Fsp3) is 0.753. The van der Waals surface area contributed by atoms with Gasteiger partial charge in [-0.2, -0.15) is 0 Å². The Morgan fingerprint density at radius 1 is 0.280 bits per heavy atom. The Bertz CT molecular complexity index is 2270. The van der Waals surface area contributed by atoms with Crippen molar-refractivity contribution in [1.29, 1.82) is 0 Å². The van der Waals surface area contributed by atoms with Crippen molar-refractivity contribution in [3.05, 3.63) is 97.2 Å². The second-order valence-electron chi connectivity index (χ2n) is 26.3. The highest BCUT2D eigenvalue weighted by Crippen LogP contribution is 2.45. The van der Waals surface area contributed by atoms with Crippen molar-refractivity contribution in [3.63, 3.8) is 0 Å². The molecule has 0 aromatic heterocycles. The quantitative estimate of drug-likeness (QED) is 0.0169. The number of phosphoric acid groups is 2. The van der Waals surface area contributed by atoms with E-state index in [0.29, 0.717) is 32.1 Å². The van der Waals surface area contributed by atoms with Gasteiger partial charge in [0.1, 0.15) is 19.3 Å². The summed E-state index contributed by atoms with van der Waals surface area (Å²) in [5.41, 5.74) is 0. The molecule has 2 unspecified atom stereocenters. The number of carbonyl (C=O) groups excluding carboxylic acids is 4. The summed E-state index contributed by atoms with van der Waals surface area (Å²) in [5, 5.41) is 10.6. The van der Waals surface area contributed by atoms with E-state index >= 15 is 0 Å². The minimum absolute atomic E-state index is 0.0670. The molecule has 3 N–H and O–H groups in total. The molecule has 0 rings (SSSR count). The molecule has 100 heavy (non-hydrogen) atoms. The van der Waals surface area contributed by atoms with Crippen LogP contribution in [-0.2, 0) is 65.4 Å². The van der Waals surface area contributed by atoms with E-state index in [1.165, 1.54) is 103 Å². The molecule has 0 aliphatic carbocycles. The van der Waals surface area contributed by atoms with Crippen LogP contribution in [0.4, 0.5) is 0 Å². The summed E-state index contributed by atoms with van der Waals surface area (Å²) in [6, 6.07) is 0. The molecular weight excluding hydrogens is 1310 g/mol. The first-order valence-corrected chi connectivity index (χ1v) is 42.5. The molecule has 0 bridgehead atoms. The summed E-state index contributed by atoms with van der Waals surface area (Å²) >= 11 is 0. The molecule has 0 aromatic carbocycles. The lowest BCUT2D eigenvalue weighted by atomic mass is 10.1. The van der Waals surface area contributed by atoms with Gasteiger partial charge in [0.05, 0.1) is 26.4 Å². The largest absolute Gasteiger partial charge is 0.472 e. The van der Waals surface area contributed by atoms with Crippen LogP contribution in [0.2, 0.25) is 0 Å². The third-order valence-corrected chi connectivity index (χ3v) is 18.4. The summed E-state index contributed by atoms with van der Waals surface area (Å²) in [5.74, 6) is -2.26. The highest BCUT2D eigenvalue weighted by Gasteiger charge is 2.30. The van der Waals surface area contributed by atoms with E-state index < -0.39 is 97.5 Å². The minimum atomic E-state index is -4.99. The lowest BCUT2D eigenvalue weighted by molar-refractivity contribution is -0.161. The van der Waals surface area contributed by atoms with Gasteiger partial charge in [0.15, 0.2) is 12.2 Å². The van der Waals surface area contributed by atoms with Gasteiger partial charge in [-0.05, 0) is 148 Å². The first-order chi connectivity index (χ1) is 48.7. The Kier molecular flexibility index (Phi) is 70.4. The lowest BCUT2D eigenvalue weighted by Gasteiger charge is -2.21. The normalized spacial score (nSPS) is 14.4. The molecule has 0 radical (unpaired) electrons. The van der Waals surface area contributed by atoms with Crippen LogP contribution in [-0.4, -0.2) is 96.7 Å². The Morgan fingerprint density at radius 3 is 0.830 bits per heavy atom. The Morgan fingerprint density at radius 2 is 0.500 bits per heavy atom. The second-order valence-corrected chi connectivity index (χ2v) is 29.2. The molecular formula is C81H142O17P2. The van der Waals surface area contributed by atoms with Crippen molar-refractivity contribution < 1.29 is 80.2 Å². The molecule has 0 amide bonds. The minimum Gasteiger partial charge on any atom is -0.462 e. The average molecular weight is 1450 g/mol. The zero-order valence-electron chi connectivity index (χ0n) is 63.1. The van der Waals surface area contributed by atoms with Crippen LogP contribution in [0, 0.1) is 0 Å².